The Kier molecular flexibility index (Phi) is 6.68. The van der Waals surface area contributed by atoms with Crippen molar-refractivity contribution in [2.45, 2.75) is 19.5 Å². The SMILES string of the molecule is C(=C\C1OCCO1)/C(=C\OCc1ccccc1)OCc1ccccc1. The van der Waals surface area contributed by atoms with E-state index in [0.29, 0.717) is 32.2 Å². The molecule has 2 aromatic carbocycles. The standard InChI is InChI=1S/C21H22O4/c1-3-7-18(8-4-1)15-22-17-20(11-12-21-23-13-14-24-21)25-16-19-9-5-2-6-10-19/h1-12,17,21H,13-16H2/b12-11+,20-17+. The highest BCUT2D eigenvalue weighted by Crippen LogP contribution is 2.12. The number of ether oxygens (including phenoxy) is 4. The second-order valence-electron chi connectivity index (χ2n) is 5.56. The summed E-state index contributed by atoms with van der Waals surface area (Å²) in [6.45, 7) is 2.19. The fraction of sp³-hybridized carbons (Fsp3) is 0.238. The molecule has 0 unspecified atom stereocenters. The van der Waals surface area contributed by atoms with Gasteiger partial charge in [0.05, 0.1) is 13.2 Å². The van der Waals surface area contributed by atoms with Crippen LogP contribution in [0.1, 0.15) is 11.1 Å². The van der Waals surface area contributed by atoms with E-state index >= 15 is 0 Å². The van der Waals surface area contributed by atoms with Gasteiger partial charge in [-0.05, 0) is 23.3 Å². The lowest BCUT2D eigenvalue weighted by Gasteiger charge is -2.09. The molecule has 0 aromatic heterocycles. The van der Waals surface area contributed by atoms with Crippen LogP contribution in [0.15, 0.2) is 84.8 Å². The van der Waals surface area contributed by atoms with Gasteiger partial charge in [-0.15, -0.1) is 0 Å². The first-order valence-corrected chi connectivity index (χ1v) is 8.34. The Bertz CT molecular complexity index is 674. The minimum atomic E-state index is -0.321. The normalized spacial score (nSPS) is 15.6. The van der Waals surface area contributed by atoms with Gasteiger partial charge in [0.2, 0.25) is 0 Å². The fourth-order valence-corrected chi connectivity index (χ4v) is 2.32. The van der Waals surface area contributed by atoms with Gasteiger partial charge in [0, 0.05) is 0 Å². The number of hydrogen-bond acceptors (Lipinski definition) is 4. The molecule has 0 bridgehead atoms. The van der Waals surface area contributed by atoms with Gasteiger partial charge >= 0.3 is 0 Å². The third-order valence-electron chi connectivity index (χ3n) is 3.61. The maximum atomic E-state index is 5.86. The summed E-state index contributed by atoms with van der Waals surface area (Å²) in [5.74, 6) is 0.624. The van der Waals surface area contributed by atoms with E-state index in [1.807, 2.05) is 72.8 Å². The topological polar surface area (TPSA) is 36.9 Å². The van der Waals surface area contributed by atoms with Crippen molar-refractivity contribution in [3.8, 4) is 0 Å². The van der Waals surface area contributed by atoms with Crippen molar-refractivity contribution < 1.29 is 18.9 Å². The molecule has 0 radical (unpaired) electrons. The van der Waals surface area contributed by atoms with E-state index in [1.165, 1.54) is 0 Å². The monoisotopic (exact) mass is 338 g/mol. The molecule has 1 aliphatic heterocycles. The molecule has 0 aliphatic carbocycles. The second-order valence-corrected chi connectivity index (χ2v) is 5.56. The molecule has 1 saturated heterocycles. The summed E-state index contributed by atoms with van der Waals surface area (Å²) >= 11 is 0. The van der Waals surface area contributed by atoms with Gasteiger partial charge in [-0.3, -0.25) is 0 Å². The zero-order valence-corrected chi connectivity index (χ0v) is 14.0. The summed E-state index contributed by atoms with van der Waals surface area (Å²) in [5.41, 5.74) is 2.20. The maximum Gasteiger partial charge on any atom is 0.177 e. The lowest BCUT2D eigenvalue weighted by molar-refractivity contribution is -0.00187. The molecule has 0 amide bonds. The van der Waals surface area contributed by atoms with Gasteiger partial charge in [0.25, 0.3) is 0 Å². The summed E-state index contributed by atoms with van der Waals surface area (Å²) < 4.78 is 22.3. The van der Waals surface area contributed by atoms with E-state index < -0.39 is 0 Å². The van der Waals surface area contributed by atoms with Crippen LogP contribution < -0.4 is 0 Å². The van der Waals surface area contributed by atoms with Crippen LogP contribution in [0.4, 0.5) is 0 Å². The van der Waals surface area contributed by atoms with Crippen molar-refractivity contribution in [3.63, 3.8) is 0 Å². The molecule has 2 aromatic rings. The largest absolute Gasteiger partial charge is 0.493 e. The van der Waals surface area contributed by atoms with Gasteiger partial charge in [-0.2, -0.15) is 0 Å². The van der Waals surface area contributed by atoms with E-state index in [0.717, 1.165) is 11.1 Å². The highest BCUT2D eigenvalue weighted by atomic mass is 16.7. The van der Waals surface area contributed by atoms with Crippen LogP contribution in [0.3, 0.4) is 0 Å². The molecule has 0 atom stereocenters. The molecule has 4 nitrogen and oxygen atoms in total. The smallest absolute Gasteiger partial charge is 0.177 e. The molecule has 130 valence electrons. The first kappa shape index (κ1) is 17.3. The van der Waals surface area contributed by atoms with Gasteiger partial charge in [-0.1, -0.05) is 60.7 Å². The van der Waals surface area contributed by atoms with Crippen molar-refractivity contribution in [3.05, 3.63) is 96.0 Å². The number of allylic oxidation sites excluding steroid dienone is 1. The average Bonchev–Trinajstić information content (AvgIpc) is 3.19. The molecular weight excluding hydrogens is 316 g/mol. The third kappa shape index (κ3) is 6.10. The van der Waals surface area contributed by atoms with Crippen LogP contribution in [0.2, 0.25) is 0 Å². The Hall–Kier alpha value is -2.56. The van der Waals surface area contributed by atoms with Crippen molar-refractivity contribution in [1.29, 1.82) is 0 Å². The summed E-state index contributed by atoms with van der Waals surface area (Å²) in [7, 11) is 0. The molecule has 0 spiro atoms. The minimum Gasteiger partial charge on any atom is -0.493 e. The van der Waals surface area contributed by atoms with E-state index in [4.69, 9.17) is 18.9 Å². The third-order valence-corrected chi connectivity index (χ3v) is 3.61. The van der Waals surface area contributed by atoms with Crippen LogP contribution in [0, 0.1) is 0 Å². The molecule has 1 heterocycles. The van der Waals surface area contributed by atoms with Crippen LogP contribution in [-0.2, 0) is 32.2 Å². The zero-order valence-electron chi connectivity index (χ0n) is 14.0. The van der Waals surface area contributed by atoms with Crippen LogP contribution in [0.5, 0.6) is 0 Å². The molecule has 25 heavy (non-hydrogen) atoms. The Balaban J connectivity index is 1.59. The van der Waals surface area contributed by atoms with Gasteiger partial charge in [0.1, 0.15) is 19.5 Å². The Morgan fingerprint density at radius 3 is 2.12 bits per heavy atom. The molecule has 4 heteroatoms. The van der Waals surface area contributed by atoms with Crippen LogP contribution in [-0.4, -0.2) is 19.5 Å². The molecule has 3 rings (SSSR count). The molecule has 0 N–H and O–H groups in total. The van der Waals surface area contributed by atoms with E-state index in [9.17, 15) is 0 Å². The minimum absolute atomic E-state index is 0.321. The molecule has 0 saturated carbocycles. The first-order chi connectivity index (χ1) is 12.4. The average molecular weight is 338 g/mol. The predicted molar refractivity (Wildman–Crippen MR) is 95.4 cm³/mol. The van der Waals surface area contributed by atoms with Crippen LogP contribution >= 0.6 is 0 Å². The Labute approximate surface area is 148 Å². The van der Waals surface area contributed by atoms with Crippen molar-refractivity contribution in [2.75, 3.05) is 13.2 Å². The van der Waals surface area contributed by atoms with Crippen molar-refractivity contribution >= 4 is 0 Å². The summed E-state index contributed by atoms with van der Waals surface area (Å²) in [4.78, 5) is 0. The maximum absolute atomic E-state index is 5.86. The number of hydrogen-bond donors (Lipinski definition) is 0. The lowest BCUT2D eigenvalue weighted by Crippen LogP contribution is -2.03. The highest BCUT2D eigenvalue weighted by molar-refractivity contribution is 5.17. The second kappa shape index (κ2) is 9.67. The van der Waals surface area contributed by atoms with E-state index in [-0.39, 0.29) is 6.29 Å². The zero-order chi connectivity index (χ0) is 17.2. The molecular formula is C21H22O4. The summed E-state index contributed by atoms with van der Waals surface area (Å²) in [6.07, 6.45) is 4.96. The van der Waals surface area contributed by atoms with E-state index in [2.05, 4.69) is 0 Å². The van der Waals surface area contributed by atoms with Crippen molar-refractivity contribution in [1.82, 2.24) is 0 Å². The quantitative estimate of drug-likeness (QED) is 0.534. The van der Waals surface area contributed by atoms with E-state index in [1.54, 1.807) is 6.26 Å². The highest BCUT2D eigenvalue weighted by Gasteiger charge is 2.12. The molecule has 1 aliphatic rings. The Morgan fingerprint density at radius 2 is 1.48 bits per heavy atom. The predicted octanol–water partition coefficient (Wildman–Crippen LogP) is 4.19. The first-order valence-electron chi connectivity index (χ1n) is 8.34. The van der Waals surface area contributed by atoms with Crippen LogP contribution in [0.25, 0.3) is 0 Å². The van der Waals surface area contributed by atoms with Gasteiger partial charge < -0.3 is 18.9 Å². The lowest BCUT2D eigenvalue weighted by atomic mass is 10.2. The fourth-order valence-electron chi connectivity index (χ4n) is 2.32. The number of rotatable bonds is 8. The van der Waals surface area contributed by atoms with Gasteiger partial charge in [-0.25, -0.2) is 0 Å². The van der Waals surface area contributed by atoms with Gasteiger partial charge in [0.15, 0.2) is 12.0 Å². The Morgan fingerprint density at radius 1 is 0.880 bits per heavy atom. The summed E-state index contributed by atoms with van der Waals surface area (Å²) in [5, 5.41) is 0. The summed E-state index contributed by atoms with van der Waals surface area (Å²) in [6, 6.07) is 20.0. The molecule has 1 fully saturated rings. The van der Waals surface area contributed by atoms with Crippen molar-refractivity contribution in [2.24, 2.45) is 0 Å². The number of benzene rings is 2.